The third kappa shape index (κ3) is 3.98. The maximum atomic E-state index is 9.45. The molecule has 118 valence electrons. The van der Waals surface area contributed by atoms with Crippen molar-refractivity contribution in [3.8, 4) is 17.6 Å². The molecule has 0 atom stereocenters. The number of rotatable bonds is 5. The molecule has 0 spiro atoms. The molecule has 0 bridgehead atoms. The normalized spacial score (nSPS) is 11.0. The summed E-state index contributed by atoms with van der Waals surface area (Å²) in [5.74, 6) is 1.12. The molecule has 0 unspecified atom stereocenters. The predicted molar refractivity (Wildman–Crippen MR) is 94.1 cm³/mol. The van der Waals surface area contributed by atoms with E-state index in [9.17, 15) is 5.26 Å². The zero-order chi connectivity index (χ0) is 16.8. The van der Waals surface area contributed by atoms with Gasteiger partial charge in [0.1, 0.15) is 0 Å². The lowest BCUT2D eigenvalue weighted by Gasteiger charge is -2.11. The van der Waals surface area contributed by atoms with Crippen LogP contribution in [0.1, 0.15) is 18.1 Å². The molecule has 2 rings (SSSR count). The van der Waals surface area contributed by atoms with Gasteiger partial charge in [0.15, 0.2) is 11.5 Å². The molecule has 0 saturated carbocycles. The largest absolute Gasteiger partial charge is 0.493 e. The number of ether oxygens (including phenoxy) is 2. The summed E-state index contributed by atoms with van der Waals surface area (Å²) in [5.41, 5.74) is 1.73. The van der Waals surface area contributed by atoms with E-state index in [0.29, 0.717) is 44.9 Å². The lowest BCUT2D eigenvalue weighted by atomic mass is 10.0. The van der Waals surface area contributed by atoms with Crippen LogP contribution in [0.3, 0.4) is 0 Å². The fourth-order valence-corrected chi connectivity index (χ4v) is 2.54. The first-order valence-electron chi connectivity index (χ1n) is 6.97. The van der Waals surface area contributed by atoms with Gasteiger partial charge in [-0.05, 0) is 30.7 Å². The maximum Gasteiger partial charge on any atom is 0.162 e. The number of halogens is 2. The molecule has 2 aromatic rings. The van der Waals surface area contributed by atoms with Crippen LogP contribution in [0.25, 0.3) is 11.6 Å². The van der Waals surface area contributed by atoms with Crippen LogP contribution >= 0.6 is 23.2 Å². The van der Waals surface area contributed by atoms with Gasteiger partial charge in [0.05, 0.1) is 30.4 Å². The number of nitrogens with zero attached hydrogens (tertiary/aromatic N) is 1. The van der Waals surface area contributed by atoms with Gasteiger partial charge in [-0.3, -0.25) is 0 Å². The molecule has 0 amide bonds. The number of allylic oxidation sites excluding steroid dienone is 1. The molecule has 0 fully saturated rings. The van der Waals surface area contributed by atoms with Crippen LogP contribution in [-0.4, -0.2) is 13.7 Å². The van der Waals surface area contributed by atoms with Crippen molar-refractivity contribution in [2.24, 2.45) is 0 Å². The van der Waals surface area contributed by atoms with Gasteiger partial charge in [-0.1, -0.05) is 41.4 Å². The first-order chi connectivity index (χ1) is 11.1. The Morgan fingerprint density at radius 1 is 1.17 bits per heavy atom. The minimum Gasteiger partial charge on any atom is -0.493 e. The van der Waals surface area contributed by atoms with Crippen molar-refractivity contribution in [3.05, 3.63) is 57.6 Å². The zero-order valence-electron chi connectivity index (χ0n) is 12.8. The number of benzene rings is 2. The molecule has 2 aromatic carbocycles. The molecule has 0 radical (unpaired) electrons. The monoisotopic (exact) mass is 347 g/mol. The van der Waals surface area contributed by atoms with Gasteiger partial charge in [0, 0.05) is 16.7 Å². The molecule has 0 aliphatic heterocycles. The predicted octanol–water partition coefficient (Wildman–Crippen LogP) is 5.46. The van der Waals surface area contributed by atoms with E-state index in [1.54, 1.807) is 37.5 Å². The highest BCUT2D eigenvalue weighted by atomic mass is 35.5. The molecule has 5 heteroatoms. The lowest BCUT2D eigenvalue weighted by molar-refractivity contribution is 0.311. The minimum atomic E-state index is 0.420. The fraction of sp³-hybridized carbons (Fsp3) is 0.167. The molecule has 0 heterocycles. The second-order valence-corrected chi connectivity index (χ2v) is 5.42. The van der Waals surface area contributed by atoms with E-state index in [-0.39, 0.29) is 0 Å². The van der Waals surface area contributed by atoms with E-state index in [1.165, 1.54) is 0 Å². The molecule has 0 saturated heterocycles. The average molecular weight is 348 g/mol. The van der Waals surface area contributed by atoms with E-state index < -0.39 is 0 Å². The summed E-state index contributed by atoms with van der Waals surface area (Å²) in [4.78, 5) is 0. The van der Waals surface area contributed by atoms with Gasteiger partial charge in [-0.2, -0.15) is 5.26 Å². The van der Waals surface area contributed by atoms with Gasteiger partial charge in [-0.25, -0.2) is 0 Å². The van der Waals surface area contributed by atoms with E-state index in [4.69, 9.17) is 32.7 Å². The van der Waals surface area contributed by atoms with Crippen LogP contribution in [0.5, 0.6) is 11.5 Å². The van der Waals surface area contributed by atoms with Crippen molar-refractivity contribution < 1.29 is 9.47 Å². The van der Waals surface area contributed by atoms with Crippen molar-refractivity contribution in [1.29, 1.82) is 5.26 Å². The van der Waals surface area contributed by atoms with Crippen molar-refractivity contribution in [1.82, 2.24) is 0 Å². The van der Waals surface area contributed by atoms with Crippen molar-refractivity contribution in [3.63, 3.8) is 0 Å². The van der Waals surface area contributed by atoms with Crippen LogP contribution in [-0.2, 0) is 0 Å². The summed E-state index contributed by atoms with van der Waals surface area (Å²) in [6.45, 7) is 2.39. The van der Waals surface area contributed by atoms with Crippen LogP contribution in [0, 0.1) is 11.3 Å². The highest BCUT2D eigenvalue weighted by Crippen LogP contribution is 2.35. The molecule has 0 N–H and O–H groups in total. The number of hydrogen-bond donors (Lipinski definition) is 0. The Morgan fingerprint density at radius 3 is 2.52 bits per heavy atom. The number of nitriles is 1. The van der Waals surface area contributed by atoms with E-state index in [2.05, 4.69) is 6.07 Å². The van der Waals surface area contributed by atoms with Gasteiger partial charge in [-0.15, -0.1) is 0 Å². The van der Waals surface area contributed by atoms with Crippen molar-refractivity contribution in [2.45, 2.75) is 6.92 Å². The Labute approximate surface area is 145 Å². The first-order valence-corrected chi connectivity index (χ1v) is 7.73. The first kappa shape index (κ1) is 17.2. The summed E-state index contributed by atoms with van der Waals surface area (Å²) in [6, 6.07) is 12.7. The summed E-state index contributed by atoms with van der Waals surface area (Å²) in [5, 5.41) is 10.4. The smallest absolute Gasteiger partial charge is 0.162 e. The summed E-state index contributed by atoms with van der Waals surface area (Å²) in [6.07, 6.45) is 1.68. The minimum absolute atomic E-state index is 0.420. The standard InChI is InChI=1S/C18H15Cl2NO2/c1-3-23-18-10-16(20)12(9-17(18)22-2)8-13(11-21)14-6-4-5-7-15(14)19/h4-10H,3H2,1-2H3. The summed E-state index contributed by atoms with van der Waals surface area (Å²) < 4.78 is 10.8. The topological polar surface area (TPSA) is 42.2 Å². The Kier molecular flexibility index (Phi) is 5.92. The van der Waals surface area contributed by atoms with Gasteiger partial charge >= 0.3 is 0 Å². The second-order valence-electron chi connectivity index (χ2n) is 4.61. The molecule has 23 heavy (non-hydrogen) atoms. The quantitative estimate of drug-likeness (QED) is 0.532. The Bertz CT molecular complexity index is 779. The van der Waals surface area contributed by atoms with Gasteiger partial charge in [0.2, 0.25) is 0 Å². The van der Waals surface area contributed by atoms with Crippen molar-refractivity contribution in [2.75, 3.05) is 13.7 Å². The SMILES string of the molecule is CCOc1cc(Cl)c(C=C(C#N)c2ccccc2Cl)cc1OC. The van der Waals surface area contributed by atoms with Crippen LogP contribution in [0.15, 0.2) is 36.4 Å². The average Bonchev–Trinajstić information content (AvgIpc) is 2.55. The summed E-state index contributed by atoms with van der Waals surface area (Å²) >= 11 is 12.5. The fourth-order valence-electron chi connectivity index (χ4n) is 2.09. The van der Waals surface area contributed by atoms with E-state index in [0.717, 1.165) is 0 Å². The molecule has 0 aliphatic carbocycles. The third-order valence-electron chi connectivity index (χ3n) is 3.17. The van der Waals surface area contributed by atoms with Crippen LogP contribution in [0.4, 0.5) is 0 Å². The third-order valence-corrected chi connectivity index (χ3v) is 3.82. The Hall–Kier alpha value is -2.15. The van der Waals surface area contributed by atoms with Crippen LogP contribution < -0.4 is 9.47 Å². The molecule has 3 nitrogen and oxygen atoms in total. The Morgan fingerprint density at radius 2 is 1.91 bits per heavy atom. The summed E-state index contributed by atoms with van der Waals surface area (Å²) in [7, 11) is 1.55. The molecule has 0 aromatic heterocycles. The highest BCUT2D eigenvalue weighted by Gasteiger charge is 2.11. The Balaban J connectivity index is 2.53. The zero-order valence-corrected chi connectivity index (χ0v) is 14.3. The molecule has 0 aliphatic rings. The van der Waals surface area contributed by atoms with E-state index >= 15 is 0 Å². The van der Waals surface area contributed by atoms with Crippen molar-refractivity contribution >= 4 is 34.9 Å². The molecular weight excluding hydrogens is 333 g/mol. The second kappa shape index (κ2) is 7.92. The molecular formula is C18H15Cl2NO2. The van der Waals surface area contributed by atoms with E-state index in [1.807, 2.05) is 19.1 Å². The number of hydrogen-bond acceptors (Lipinski definition) is 3. The van der Waals surface area contributed by atoms with Gasteiger partial charge in [0.25, 0.3) is 0 Å². The number of methoxy groups -OCH3 is 1. The highest BCUT2D eigenvalue weighted by molar-refractivity contribution is 6.33. The van der Waals surface area contributed by atoms with Gasteiger partial charge < -0.3 is 9.47 Å². The van der Waals surface area contributed by atoms with Crippen LogP contribution in [0.2, 0.25) is 10.0 Å². The maximum absolute atomic E-state index is 9.45. The lowest BCUT2D eigenvalue weighted by Crippen LogP contribution is -1.96.